The first kappa shape index (κ1) is 14.8. The van der Waals surface area contributed by atoms with E-state index >= 15 is 0 Å². The van der Waals surface area contributed by atoms with Crippen molar-refractivity contribution in [3.05, 3.63) is 30.3 Å². The summed E-state index contributed by atoms with van der Waals surface area (Å²) in [5.74, 6) is 0. The number of para-hydroxylation sites is 1. The van der Waals surface area contributed by atoms with Crippen LogP contribution in [0.5, 0.6) is 0 Å². The topological polar surface area (TPSA) is 40.8 Å². The van der Waals surface area contributed by atoms with Gasteiger partial charge in [-0.25, -0.2) is 0 Å². The van der Waals surface area contributed by atoms with E-state index in [1.54, 1.807) is 0 Å². The fourth-order valence-corrected chi connectivity index (χ4v) is 2.32. The third kappa shape index (κ3) is 5.65. The van der Waals surface area contributed by atoms with Gasteiger partial charge in [0.2, 0.25) is 0 Å². The van der Waals surface area contributed by atoms with Crippen LogP contribution in [0.15, 0.2) is 30.3 Å². The van der Waals surface area contributed by atoms with Gasteiger partial charge in [0.15, 0.2) is 0 Å². The Hall–Kier alpha value is -1.10. The zero-order valence-electron chi connectivity index (χ0n) is 12.7. The Bertz CT molecular complexity index is 399. The molecule has 3 fully saturated rings. The van der Waals surface area contributed by atoms with Crippen molar-refractivity contribution in [2.75, 3.05) is 37.8 Å². The molecule has 4 nitrogen and oxygen atoms in total. The predicted molar refractivity (Wildman–Crippen MR) is 82.8 cm³/mol. The predicted octanol–water partition coefficient (Wildman–Crippen LogP) is 2.48. The number of rotatable bonds is 7. The van der Waals surface area contributed by atoms with Gasteiger partial charge >= 0.3 is 0 Å². The van der Waals surface area contributed by atoms with Gasteiger partial charge in [0.05, 0.1) is 38.1 Å². The molecule has 0 aromatic heterocycles. The molecule has 21 heavy (non-hydrogen) atoms. The van der Waals surface area contributed by atoms with Gasteiger partial charge in [-0.05, 0) is 18.6 Å². The zero-order chi connectivity index (χ0) is 14.5. The number of hydrogen-bond acceptors (Lipinski definition) is 4. The smallest absolute Gasteiger partial charge is 0.0984 e. The fourth-order valence-electron chi connectivity index (χ4n) is 2.32. The molecule has 3 atom stereocenters. The van der Waals surface area contributed by atoms with Gasteiger partial charge in [0.25, 0.3) is 0 Å². The largest absolute Gasteiger partial charge is 0.373 e. The number of epoxide rings is 3. The molecular formula is C17H25NO3. The molecule has 0 spiro atoms. The summed E-state index contributed by atoms with van der Waals surface area (Å²) in [5.41, 5.74) is 1.27. The Balaban J connectivity index is 0.000000186. The molecule has 116 valence electrons. The third-order valence-corrected chi connectivity index (χ3v) is 3.79. The lowest BCUT2D eigenvalue weighted by Gasteiger charge is -2.23. The Morgan fingerprint density at radius 3 is 1.81 bits per heavy atom. The monoisotopic (exact) mass is 291 g/mol. The van der Waals surface area contributed by atoms with Gasteiger partial charge < -0.3 is 19.1 Å². The van der Waals surface area contributed by atoms with Crippen LogP contribution in [0.3, 0.4) is 0 Å². The molecule has 4 rings (SSSR count). The van der Waals surface area contributed by atoms with E-state index in [4.69, 9.17) is 14.2 Å². The van der Waals surface area contributed by atoms with Gasteiger partial charge in [0.1, 0.15) is 0 Å². The van der Waals surface area contributed by atoms with E-state index < -0.39 is 0 Å². The summed E-state index contributed by atoms with van der Waals surface area (Å²) >= 11 is 0. The molecule has 0 bridgehead atoms. The van der Waals surface area contributed by atoms with E-state index in [0.717, 1.165) is 32.9 Å². The Kier molecular flexibility index (Phi) is 5.12. The summed E-state index contributed by atoms with van der Waals surface area (Å²) in [6.07, 6.45) is 4.05. The summed E-state index contributed by atoms with van der Waals surface area (Å²) in [6, 6.07) is 10.5. The van der Waals surface area contributed by atoms with Crippen LogP contribution in [0, 0.1) is 0 Å². The van der Waals surface area contributed by atoms with Crippen molar-refractivity contribution in [3.63, 3.8) is 0 Å². The minimum Gasteiger partial charge on any atom is -0.373 e. The van der Waals surface area contributed by atoms with Gasteiger partial charge in [-0.1, -0.05) is 31.5 Å². The van der Waals surface area contributed by atoms with Crippen LogP contribution in [0.1, 0.15) is 19.8 Å². The number of benzene rings is 1. The fraction of sp³-hybridized carbons (Fsp3) is 0.647. The molecule has 3 aliphatic rings. The molecule has 3 heterocycles. The highest BCUT2D eigenvalue weighted by atomic mass is 16.6. The van der Waals surface area contributed by atoms with Gasteiger partial charge in [-0.3, -0.25) is 0 Å². The van der Waals surface area contributed by atoms with Crippen LogP contribution >= 0.6 is 0 Å². The summed E-state index contributed by atoms with van der Waals surface area (Å²) in [6.45, 7) is 7.01. The highest BCUT2D eigenvalue weighted by molar-refractivity contribution is 5.46. The second kappa shape index (κ2) is 7.25. The van der Waals surface area contributed by atoms with E-state index in [2.05, 4.69) is 36.1 Å². The Labute approximate surface area is 127 Å². The van der Waals surface area contributed by atoms with Crippen molar-refractivity contribution in [2.24, 2.45) is 0 Å². The average molecular weight is 291 g/mol. The molecular weight excluding hydrogens is 266 g/mol. The van der Waals surface area contributed by atoms with Crippen LogP contribution in [0.2, 0.25) is 0 Å². The minimum atomic E-state index is 0.434. The van der Waals surface area contributed by atoms with Crippen LogP contribution in [0.4, 0.5) is 5.69 Å². The first-order valence-electron chi connectivity index (χ1n) is 8.00. The van der Waals surface area contributed by atoms with Crippen molar-refractivity contribution in [1.29, 1.82) is 0 Å². The maximum Gasteiger partial charge on any atom is 0.0984 e. The lowest BCUT2D eigenvalue weighted by Crippen LogP contribution is -2.31. The Morgan fingerprint density at radius 2 is 1.43 bits per heavy atom. The molecule has 3 aliphatic heterocycles. The van der Waals surface area contributed by atoms with E-state index in [-0.39, 0.29) is 0 Å². The van der Waals surface area contributed by atoms with Crippen molar-refractivity contribution >= 4 is 5.69 Å². The third-order valence-electron chi connectivity index (χ3n) is 3.79. The van der Waals surface area contributed by atoms with E-state index in [1.165, 1.54) is 18.5 Å². The first-order chi connectivity index (χ1) is 10.3. The van der Waals surface area contributed by atoms with Gasteiger partial charge in [-0.2, -0.15) is 0 Å². The lowest BCUT2D eigenvalue weighted by molar-refractivity contribution is 0.389. The molecule has 3 saturated heterocycles. The summed E-state index contributed by atoms with van der Waals surface area (Å²) in [7, 11) is 0. The highest BCUT2D eigenvalue weighted by Crippen LogP contribution is 2.21. The number of ether oxygens (including phenoxy) is 3. The second-order valence-electron chi connectivity index (χ2n) is 5.90. The summed E-state index contributed by atoms with van der Waals surface area (Å²) in [4.78, 5) is 2.36. The molecule has 0 radical (unpaired) electrons. The standard InChI is InChI=1S/C12H15NO2.C5H10O/c1-2-4-10(5-3-1)13(6-11-8-14-11)7-12-9-15-12;1-2-3-5-4-6-5/h1-5,11-12H,6-9H2;5H,2-4H2,1H3. The van der Waals surface area contributed by atoms with Gasteiger partial charge in [0, 0.05) is 18.8 Å². The first-order valence-corrected chi connectivity index (χ1v) is 8.00. The van der Waals surface area contributed by atoms with Crippen molar-refractivity contribution in [2.45, 2.75) is 38.1 Å². The van der Waals surface area contributed by atoms with E-state index in [0.29, 0.717) is 18.3 Å². The molecule has 1 aromatic carbocycles. The minimum absolute atomic E-state index is 0.434. The average Bonchev–Trinajstić information content (AvgIpc) is 3.36. The maximum atomic E-state index is 5.28. The number of hydrogen-bond donors (Lipinski definition) is 0. The second-order valence-corrected chi connectivity index (χ2v) is 5.90. The number of anilines is 1. The summed E-state index contributed by atoms with van der Waals surface area (Å²) < 4.78 is 15.5. The van der Waals surface area contributed by atoms with Crippen LogP contribution < -0.4 is 4.90 Å². The van der Waals surface area contributed by atoms with E-state index in [1.807, 2.05) is 6.07 Å². The highest BCUT2D eigenvalue weighted by Gasteiger charge is 2.30. The van der Waals surface area contributed by atoms with Crippen LogP contribution in [-0.4, -0.2) is 51.2 Å². The molecule has 0 saturated carbocycles. The molecule has 0 amide bonds. The Morgan fingerprint density at radius 1 is 0.905 bits per heavy atom. The van der Waals surface area contributed by atoms with Crippen molar-refractivity contribution < 1.29 is 14.2 Å². The summed E-state index contributed by atoms with van der Waals surface area (Å²) in [5, 5.41) is 0. The van der Waals surface area contributed by atoms with Crippen LogP contribution in [0.25, 0.3) is 0 Å². The molecule has 0 aliphatic carbocycles. The quantitative estimate of drug-likeness (QED) is 0.724. The maximum absolute atomic E-state index is 5.28. The van der Waals surface area contributed by atoms with E-state index in [9.17, 15) is 0 Å². The molecule has 3 unspecified atom stereocenters. The number of nitrogens with zero attached hydrogens (tertiary/aromatic N) is 1. The molecule has 1 aromatic rings. The normalized spacial score (nSPS) is 28.3. The zero-order valence-corrected chi connectivity index (χ0v) is 12.7. The molecule has 4 heteroatoms. The molecule has 0 N–H and O–H groups in total. The SMILES string of the molecule is CCCC1CO1.c1ccc(N(CC2CO2)CC2CO2)cc1. The lowest BCUT2D eigenvalue weighted by atomic mass is 10.2. The van der Waals surface area contributed by atoms with Crippen LogP contribution in [-0.2, 0) is 14.2 Å². The van der Waals surface area contributed by atoms with Crippen molar-refractivity contribution in [1.82, 2.24) is 0 Å². The van der Waals surface area contributed by atoms with Crippen molar-refractivity contribution in [3.8, 4) is 0 Å². The van der Waals surface area contributed by atoms with Gasteiger partial charge in [-0.15, -0.1) is 0 Å².